The molecular formula is C11H8N2. The number of hydrogen-bond acceptors (Lipinski definition) is 2. The summed E-state index contributed by atoms with van der Waals surface area (Å²) in [6.45, 7) is 0. The van der Waals surface area contributed by atoms with E-state index >= 15 is 0 Å². The van der Waals surface area contributed by atoms with Crippen LogP contribution in [0.25, 0.3) is 5.57 Å². The van der Waals surface area contributed by atoms with Gasteiger partial charge < -0.3 is 0 Å². The molecule has 0 radical (unpaired) electrons. The fourth-order valence-corrected chi connectivity index (χ4v) is 1.72. The maximum atomic E-state index is 4.44. The Balaban J connectivity index is 2.32. The monoisotopic (exact) mass is 168 g/mol. The topological polar surface area (TPSA) is 24.7 Å². The summed E-state index contributed by atoms with van der Waals surface area (Å²) in [6.07, 6.45) is 4.78. The van der Waals surface area contributed by atoms with Crippen molar-refractivity contribution in [2.75, 3.05) is 0 Å². The number of benzene rings is 1. The number of hydrogen-bond donors (Lipinski definition) is 0. The Kier molecular flexibility index (Phi) is 1.25. The van der Waals surface area contributed by atoms with E-state index in [1.54, 1.807) is 0 Å². The van der Waals surface area contributed by atoms with Crippen LogP contribution in [0.5, 0.6) is 0 Å². The van der Waals surface area contributed by atoms with Crippen LogP contribution in [0.15, 0.2) is 40.3 Å². The molecule has 1 aromatic rings. The molecule has 2 heterocycles. The minimum absolute atomic E-state index is 0.882. The van der Waals surface area contributed by atoms with Crippen molar-refractivity contribution >= 4 is 23.3 Å². The van der Waals surface area contributed by atoms with Gasteiger partial charge in [0.25, 0.3) is 0 Å². The van der Waals surface area contributed by atoms with Gasteiger partial charge in [0.1, 0.15) is 5.84 Å². The average molecular weight is 168 g/mol. The SMILES string of the molecule is C1=NC2=Nc3ccccc3C(=C1)C2. The largest absolute Gasteiger partial charge is 0.241 e. The number of fused-ring (bicyclic) bond motifs is 4. The minimum atomic E-state index is 0.882. The van der Waals surface area contributed by atoms with E-state index in [9.17, 15) is 0 Å². The molecule has 0 atom stereocenters. The first kappa shape index (κ1) is 6.78. The standard InChI is InChI=1S/C11H8N2/c1-2-4-10-9(3-1)8-5-6-12-11(7-8)13-10/h1-6H,7H2. The fraction of sp³-hybridized carbons (Fsp3) is 0.0909. The molecule has 2 heteroatoms. The van der Waals surface area contributed by atoms with Crippen LogP contribution in [0.4, 0.5) is 5.69 Å². The van der Waals surface area contributed by atoms with E-state index in [0.29, 0.717) is 0 Å². The Labute approximate surface area is 76.3 Å². The molecule has 0 aliphatic carbocycles. The van der Waals surface area contributed by atoms with Crippen molar-refractivity contribution in [1.29, 1.82) is 0 Å². The summed E-state index contributed by atoms with van der Waals surface area (Å²) < 4.78 is 0. The van der Waals surface area contributed by atoms with Crippen LogP contribution in [-0.2, 0) is 0 Å². The molecule has 2 aliphatic heterocycles. The van der Waals surface area contributed by atoms with Gasteiger partial charge in [0.05, 0.1) is 5.69 Å². The van der Waals surface area contributed by atoms with Crippen LogP contribution < -0.4 is 0 Å². The first-order valence-electron chi connectivity index (χ1n) is 4.34. The number of para-hydroxylation sites is 1. The fourth-order valence-electron chi connectivity index (χ4n) is 1.72. The second-order valence-electron chi connectivity index (χ2n) is 3.19. The van der Waals surface area contributed by atoms with Crippen LogP contribution in [-0.4, -0.2) is 12.1 Å². The summed E-state index contributed by atoms with van der Waals surface area (Å²) >= 11 is 0. The smallest absolute Gasteiger partial charge is 0.133 e. The molecule has 2 aliphatic rings. The van der Waals surface area contributed by atoms with E-state index in [2.05, 4.69) is 22.1 Å². The molecule has 0 fully saturated rings. The van der Waals surface area contributed by atoms with Gasteiger partial charge in [0.15, 0.2) is 0 Å². The second-order valence-corrected chi connectivity index (χ2v) is 3.19. The maximum absolute atomic E-state index is 4.44. The molecule has 2 bridgehead atoms. The highest BCUT2D eigenvalue weighted by Gasteiger charge is 2.16. The predicted octanol–water partition coefficient (Wildman–Crippen LogP) is 2.59. The molecule has 0 N–H and O–H groups in total. The average Bonchev–Trinajstić information content (AvgIpc) is 2.18. The van der Waals surface area contributed by atoms with E-state index < -0.39 is 0 Å². The van der Waals surface area contributed by atoms with Crippen LogP contribution in [0, 0.1) is 0 Å². The first-order valence-corrected chi connectivity index (χ1v) is 4.34. The normalized spacial score (nSPS) is 17.5. The van der Waals surface area contributed by atoms with Crippen LogP contribution >= 0.6 is 0 Å². The van der Waals surface area contributed by atoms with Crippen molar-refractivity contribution < 1.29 is 0 Å². The van der Waals surface area contributed by atoms with Crippen molar-refractivity contribution in [2.45, 2.75) is 6.42 Å². The molecule has 0 unspecified atom stereocenters. The second kappa shape index (κ2) is 2.39. The lowest BCUT2D eigenvalue weighted by Crippen LogP contribution is -2.06. The van der Waals surface area contributed by atoms with Crippen LogP contribution in [0.1, 0.15) is 12.0 Å². The maximum Gasteiger partial charge on any atom is 0.133 e. The van der Waals surface area contributed by atoms with E-state index in [4.69, 9.17) is 0 Å². The highest BCUT2D eigenvalue weighted by atomic mass is 14.9. The molecule has 62 valence electrons. The molecular weight excluding hydrogens is 160 g/mol. The van der Waals surface area contributed by atoms with Gasteiger partial charge in [-0.05, 0) is 17.7 Å². The van der Waals surface area contributed by atoms with E-state index in [1.165, 1.54) is 11.1 Å². The highest BCUT2D eigenvalue weighted by Crippen LogP contribution is 2.34. The van der Waals surface area contributed by atoms with Gasteiger partial charge >= 0.3 is 0 Å². The van der Waals surface area contributed by atoms with Gasteiger partial charge in [-0.1, -0.05) is 18.2 Å². The Morgan fingerprint density at radius 1 is 1.15 bits per heavy atom. The van der Waals surface area contributed by atoms with E-state index in [0.717, 1.165) is 17.9 Å². The van der Waals surface area contributed by atoms with Crippen molar-refractivity contribution in [1.82, 2.24) is 0 Å². The van der Waals surface area contributed by atoms with Gasteiger partial charge in [-0.25, -0.2) is 9.98 Å². The Morgan fingerprint density at radius 3 is 3.08 bits per heavy atom. The van der Waals surface area contributed by atoms with E-state index in [1.807, 2.05) is 24.4 Å². The quantitative estimate of drug-likeness (QED) is 0.568. The third-order valence-corrected chi connectivity index (χ3v) is 2.35. The molecule has 3 rings (SSSR count). The minimum Gasteiger partial charge on any atom is -0.241 e. The van der Waals surface area contributed by atoms with Gasteiger partial charge in [-0.2, -0.15) is 0 Å². The lowest BCUT2D eigenvalue weighted by molar-refractivity contribution is 1.29. The molecule has 0 amide bonds. The Bertz CT molecular complexity index is 453. The molecule has 0 saturated carbocycles. The van der Waals surface area contributed by atoms with Crippen LogP contribution in [0.2, 0.25) is 0 Å². The summed E-state index contributed by atoms with van der Waals surface area (Å²) in [7, 11) is 0. The van der Waals surface area contributed by atoms with Gasteiger partial charge in [0, 0.05) is 18.2 Å². The molecule has 0 aromatic heterocycles. The number of rotatable bonds is 0. The predicted molar refractivity (Wildman–Crippen MR) is 54.6 cm³/mol. The third kappa shape index (κ3) is 0.952. The number of nitrogens with zero attached hydrogens (tertiary/aromatic N) is 2. The molecule has 0 spiro atoms. The Morgan fingerprint density at radius 2 is 2.08 bits per heavy atom. The summed E-state index contributed by atoms with van der Waals surface area (Å²) in [5.74, 6) is 0.927. The number of amidine groups is 1. The van der Waals surface area contributed by atoms with Gasteiger partial charge in [0.2, 0.25) is 0 Å². The lowest BCUT2D eigenvalue weighted by Gasteiger charge is -2.17. The highest BCUT2D eigenvalue weighted by molar-refractivity contribution is 6.09. The lowest BCUT2D eigenvalue weighted by atomic mass is 9.96. The van der Waals surface area contributed by atoms with Crippen LogP contribution in [0.3, 0.4) is 0 Å². The van der Waals surface area contributed by atoms with Crippen molar-refractivity contribution in [3.63, 3.8) is 0 Å². The van der Waals surface area contributed by atoms with E-state index in [-0.39, 0.29) is 0 Å². The van der Waals surface area contributed by atoms with Gasteiger partial charge in [-0.3, -0.25) is 0 Å². The summed E-state index contributed by atoms with van der Waals surface area (Å²) in [6, 6.07) is 8.20. The molecule has 2 nitrogen and oxygen atoms in total. The Hall–Kier alpha value is -1.70. The zero-order chi connectivity index (χ0) is 8.67. The summed E-state index contributed by atoms with van der Waals surface area (Å²) in [5.41, 5.74) is 3.62. The summed E-state index contributed by atoms with van der Waals surface area (Å²) in [4.78, 5) is 8.64. The number of allylic oxidation sites excluding steroid dienone is 1. The molecule has 13 heavy (non-hydrogen) atoms. The van der Waals surface area contributed by atoms with Crippen molar-refractivity contribution in [3.8, 4) is 0 Å². The first-order chi connectivity index (χ1) is 6.43. The zero-order valence-corrected chi connectivity index (χ0v) is 7.07. The summed E-state index contributed by atoms with van der Waals surface area (Å²) in [5, 5.41) is 0. The molecule has 1 aromatic carbocycles. The number of dihydropyridines is 1. The van der Waals surface area contributed by atoms with Crippen molar-refractivity contribution in [2.24, 2.45) is 9.98 Å². The molecule has 0 saturated heterocycles. The number of aliphatic imine (C=N–C) groups is 2. The zero-order valence-electron chi connectivity index (χ0n) is 7.07. The van der Waals surface area contributed by atoms with Gasteiger partial charge in [-0.15, -0.1) is 0 Å². The van der Waals surface area contributed by atoms with Crippen molar-refractivity contribution in [3.05, 3.63) is 35.9 Å². The third-order valence-electron chi connectivity index (χ3n) is 2.35.